The standard InChI is InChI=1S/C8H3BrF3N3O/c9-5-3-13-6-4(14-5)1-2-15(6)7(16)8(10,11)12/h1-3H. The van der Waals surface area contributed by atoms with Crippen LogP contribution >= 0.6 is 15.9 Å². The first-order valence-corrected chi connectivity index (χ1v) is 4.80. The molecule has 2 heterocycles. The molecule has 84 valence electrons. The second-order valence-electron chi connectivity index (χ2n) is 2.89. The van der Waals surface area contributed by atoms with Crippen LogP contribution in [0, 0.1) is 0 Å². The Balaban J connectivity index is 2.59. The molecule has 0 saturated heterocycles. The molecule has 0 aliphatic heterocycles. The number of nitrogens with zero attached hydrogens (tertiary/aromatic N) is 3. The van der Waals surface area contributed by atoms with Gasteiger partial charge in [0.2, 0.25) is 0 Å². The van der Waals surface area contributed by atoms with E-state index in [1.54, 1.807) is 0 Å². The van der Waals surface area contributed by atoms with Gasteiger partial charge in [0.1, 0.15) is 10.1 Å². The molecule has 4 nitrogen and oxygen atoms in total. The van der Waals surface area contributed by atoms with Crippen LogP contribution in [0.4, 0.5) is 13.2 Å². The third kappa shape index (κ3) is 1.80. The summed E-state index contributed by atoms with van der Waals surface area (Å²) < 4.78 is 37.4. The minimum Gasteiger partial charge on any atom is -0.264 e. The summed E-state index contributed by atoms with van der Waals surface area (Å²) >= 11 is 3.03. The van der Waals surface area contributed by atoms with Crippen molar-refractivity contribution in [2.75, 3.05) is 0 Å². The van der Waals surface area contributed by atoms with Crippen molar-refractivity contribution in [3.63, 3.8) is 0 Å². The molecule has 0 radical (unpaired) electrons. The Morgan fingerprint density at radius 3 is 2.75 bits per heavy atom. The quantitative estimate of drug-likeness (QED) is 0.749. The van der Waals surface area contributed by atoms with Gasteiger partial charge in [-0.15, -0.1) is 0 Å². The molecular formula is C8H3BrF3N3O. The van der Waals surface area contributed by atoms with Crippen molar-refractivity contribution in [1.82, 2.24) is 14.5 Å². The molecule has 0 aliphatic carbocycles. The van der Waals surface area contributed by atoms with Gasteiger partial charge in [-0.2, -0.15) is 13.2 Å². The number of aromatic nitrogens is 3. The minimum atomic E-state index is -4.93. The lowest BCUT2D eigenvalue weighted by molar-refractivity contribution is -0.0943. The summed E-state index contributed by atoms with van der Waals surface area (Å²) in [5.74, 6) is -1.99. The smallest absolute Gasteiger partial charge is 0.264 e. The van der Waals surface area contributed by atoms with Crippen LogP contribution in [0.3, 0.4) is 0 Å². The number of alkyl halides is 3. The van der Waals surface area contributed by atoms with E-state index in [0.717, 1.165) is 6.20 Å². The van der Waals surface area contributed by atoms with E-state index in [1.165, 1.54) is 12.3 Å². The summed E-state index contributed by atoms with van der Waals surface area (Å²) in [6, 6.07) is 1.29. The largest absolute Gasteiger partial charge is 0.472 e. The Hall–Kier alpha value is -1.44. The van der Waals surface area contributed by atoms with Gasteiger partial charge in [0.15, 0.2) is 5.65 Å². The number of rotatable bonds is 0. The fraction of sp³-hybridized carbons (Fsp3) is 0.125. The lowest BCUT2D eigenvalue weighted by Gasteiger charge is -2.05. The van der Waals surface area contributed by atoms with Crippen LogP contribution < -0.4 is 0 Å². The highest BCUT2D eigenvalue weighted by Gasteiger charge is 2.40. The summed E-state index contributed by atoms with van der Waals surface area (Å²) in [6.45, 7) is 0. The van der Waals surface area contributed by atoms with Gasteiger partial charge in [0.25, 0.3) is 0 Å². The fourth-order valence-corrected chi connectivity index (χ4v) is 1.48. The molecule has 0 spiro atoms. The third-order valence-corrected chi connectivity index (χ3v) is 2.20. The van der Waals surface area contributed by atoms with Gasteiger partial charge < -0.3 is 0 Å². The normalized spacial score (nSPS) is 12.0. The van der Waals surface area contributed by atoms with Gasteiger partial charge in [-0.1, -0.05) is 0 Å². The molecule has 2 aromatic heterocycles. The highest BCUT2D eigenvalue weighted by molar-refractivity contribution is 9.10. The molecule has 0 aliphatic rings. The highest BCUT2D eigenvalue weighted by atomic mass is 79.9. The Bertz CT molecular complexity index is 563. The maximum Gasteiger partial charge on any atom is 0.472 e. The Labute approximate surface area is 95.2 Å². The van der Waals surface area contributed by atoms with E-state index in [1.807, 2.05) is 0 Å². The topological polar surface area (TPSA) is 47.8 Å². The first kappa shape index (κ1) is 11.1. The summed E-state index contributed by atoms with van der Waals surface area (Å²) in [7, 11) is 0. The van der Waals surface area contributed by atoms with Gasteiger partial charge >= 0.3 is 12.1 Å². The molecule has 0 N–H and O–H groups in total. The number of hydrogen-bond acceptors (Lipinski definition) is 3. The lowest BCUT2D eigenvalue weighted by Crippen LogP contribution is -2.28. The summed E-state index contributed by atoms with van der Waals surface area (Å²) in [5, 5.41) is 0. The molecule has 2 aromatic rings. The van der Waals surface area contributed by atoms with Gasteiger partial charge in [-0.3, -0.25) is 9.36 Å². The number of hydrogen-bond donors (Lipinski definition) is 0. The molecule has 16 heavy (non-hydrogen) atoms. The van der Waals surface area contributed by atoms with Crippen LogP contribution in [-0.2, 0) is 0 Å². The van der Waals surface area contributed by atoms with Crippen molar-refractivity contribution in [3.8, 4) is 0 Å². The predicted molar refractivity (Wildman–Crippen MR) is 51.9 cm³/mol. The second-order valence-corrected chi connectivity index (χ2v) is 3.70. The predicted octanol–water partition coefficient (Wildman–Crippen LogP) is 2.40. The molecule has 8 heteroatoms. The molecule has 0 unspecified atom stereocenters. The molecular weight excluding hydrogens is 291 g/mol. The van der Waals surface area contributed by atoms with Gasteiger partial charge in [0.05, 0.1) is 6.20 Å². The van der Waals surface area contributed by atoms with Crippen LogP contribution in [0.25, 0.3) is 11.2 Å². The minimum absolute atomic E-state index is 0.120. The highest BCUT2D eigenvalue weighted by Crippen LogP contribution is 2.21. The zero-order valence-corrected chi connectivity index (χ0v) is 9.08. The van der Waals surface area contributed by atoms with Crippen LogP contribution in [-0.4, -0.2) is 26.6 Å². The Morgan fingerprint density at radius 2 is 2.12 bits per heavy atom. The molecule has 2 rings (SSSR count). The SMILES string of the molecule is O=C(n1ccc2nc(Br)cnc21)C(F)(F)F. The van der Waals surface area contributed by atoms with E-state index in [4.69, 9.17) is 0 Å². The Kier molecular flexibility index (Phi) is 2.45. The molecule has 0 amide bonds. The number of fused-ring (bicyclic) bond motifs is 1. The summed E-state index contributed by atoms with van der Waals surface area (Å²) in [4.78, 5) is 18.6. The van der Waals surface area contributed by atoms with Crippen molar-refractivity contribution in [2.24, 2.45) is 0 Å². The maximum atomic E-state index is 12.2. The van der Waals surface area contributed by atoms with E-state index in [9.17, 15) is 18.0 Å². The van der Waals surface area contributed by atoms with Gasteiger partial charge in [-0.25, -0.2) is 9.97 Å². The van der Waals surface area contributed by atoms with E-state index < -0.39 is 12.1 Å². The average Bonchev–Trinajstić information content (AvgIpc) is 2.57. The van der Waals surface area contributed by atoms with Crippen LogP contribution in [0.2, 0.25) is 0 Å². The fourth-order valence-electron chi connectivity index (χ4n) is 1.19. The van der Waals surface area contributed by atoms with Crippen LogP contribution in [0.1, 0.15) is 4.79 Å². The first-order valence-electron chi connectivity index (χ1n) is 4.01. The van der Waals surface area contributed by atoms with Crippen molar-refractivity contribution < 1.29 is 18.0 Å². The molecule has 0 bridgehead atoms. The molecule has 0 saturated carbocycles. The number of halogens is 4. The Morgan fingerprint density at radius 1 is 1.44 bits per heavy atom. The first-order chi connectivity index (χ1) is 7.39. The third-order valence-electron chi connectivity index (χ3n) is 1.82. The zero-order valence-electron chi connectivity index (χ0n) is 7.49. The van der Waals surface area contributed by atoms with Crippen molar-refractivity contribution in [2.45, 2.75) is 6.18 Å². The van der Waals surface area contributed by atoms with E-state index in [-0.39, 0.29) is 11.2 Å². The monoisotopic (exact) mass is 293 g/mol. The average molecular weight is 294 g/mol. The van der Waals surface area contributed by atoms with E-state index in [2.05, 4.69) is 25.9 Å². The van der Waals surface area contributed by atoms with Crippen LogP contribution in [0.5, 0.6) is 0 Å². The van der Waals surface area contributed by atoms with Crippen LogP contribution in [0.15, 0.2) is 23.1 Å². The van der Waals surface area contributed by atoms with Crippen molar-refractivity contribution >= 4 is 33.0 Å². The molecule has 0 fully saturated rings. The van der Waals surface area contributed by atoms with Gasteiger partial charge in [0, 0.05) is 6.20 Å². The molecule has 0 aromatic carbocycles. The lowest BCUT2D eigenvalue weighted by atomic mass is 10.5. The number of carbonyl (C=O) groups is 1. The van der Waals surface area contributed by atoms with Crippen molar-refractivity contribution in [3.05, 3.63) is 23.1 Å². The van der Waals surface area contributed by atoms with E-state index in [0.29, 0.717) is 9.17 Å². The second kappa shape index (κ2) is 3.55. The van der Waals surface area contributed by atoms with Crippen molar-refractivity contribution in [1.29, 1.82) is 0 Å². The summed E-state index contributed by atoms with van der Waals surface area (Å²) in [5.41, 5.74) is 0.0949. The van der Waals surface area contributed by atoms with E-state index >= 15 is 0 Å². The van der Waals surface area contributed by atoms with Gasteiger partial charge in [-0.05, 0) is 22.0 Å². The summed E-state index contributed by atoms with van der Waals surface area (Å²) in [6.07, 6.45) is -2.71. The molecule has 0 atom stereocenters. The maximum absolute atomic E-state index is 12.2. The number of carbonyl (C=O) groups excluding carboxylic acids is 1. The zero-order chi connectivity index (χ0) is 11.9.